The van der Waals surface area contributed by atoms with E-state index in [1.54, 1.807) is 0 Å². The summed E-state index contributed by atoms with van der Waals surface area (Å²) in [7, 11) is 0. The molecule has 0 aliphatic heterocycles. The number of oxazole rings is 1. The molecule has 0 fully saturated rings. The van der Waals surface area contributed by atoms with Crippen LogP contribution in [-0.4, -0.2) is 4.98 Å². The molecule has 2 heterocycles. The lowest BCUT2D eigenvalue weighted by Gasteiger charge is -2.30. The van der Waals surface area contributed by atoms with E-state index >= 15 is 0 Å². The third kappa shape index (κ3) is 3.89. The lowest BCUT2D eigenvalue weighted by Crippen LogP contribution is -2.25. The maximum absolute atomic E-state index is 6.70. The van der Waals surface area contributed by atoms with Crippen molar-refractivity contribution in [3.63, 3.8) is 0 Å². The van der Waals surface area contributed by atoms with Crippen LogP contribution in [0, 0.1) is 0 Å². The summed E-state index contributed by atoms with van der Waals surface area (Å²) in [6, 6.07) is 64.1. The molecule has 0 radical (unpaired) electrons. The molecular formula is C50H29NOS. The molecule has 10 aromatic rings. The fraction of sp³-hybridized carbons (Fsp3) is 0.0200. The van der Waals surface area contributed by atoms with E-state index in [2.05, 4.69) is 176 Å². The number of fused-ring (bicyclic) bond motifs is 14. The predicted molar refractivity (Wildman–Crippen MR) is 220 cm³/mol. The zero-order valence-corrected chi connectivity index (χ0v) is 29.3. The molecule has 2 nitrogen and oxygen atoms in total. The van der Waals surface area contributed by atoms with Crippen LogP contribution in [-0.2, 0) is 5.41 Å². The number of thiophene rings is 1. The van der Waals surface area contributed by atoms with Crippen molar-refractivity contribution >= 4 is 42.6 Å². The lowest BCUT2D eigenvalue weighted by atomic mass is 9.70. The van der Waals surface area contributed by atoms with E-state index < -0.39 is 5.41 Å². The Hall–Kier alpha value is -6.55. The molecule has 0 saturated carbocycles. The van der Waals surface area contributed by atoms with Crippen molar-refractivity contribution in [1.29, 1.82) is 0 Å². The normalized spacial score (nSPS) is 13.4. The lowest BCUT2D eigenvalue weighted by molar-refractivity contribution is 0.621. The summed E-state index contributed by atoms with van der Waals surface area (Å²) in [6.07, 6.45) is 0. The fourth-order valence-electron chi connectivity index (χ4n) is 9.33. The second-order valence-electron chi connectivity index (χ2n) is 14.2. The van der Waals surface area contributed by atoms with Crippen LogP contribution in [0.1, 0.15) is 22.3 Å². The molecule has 8 aromatic carbocycles. The van der Waals surface area contributed by atoms with E-state index in [4.69, 9.17) is 9.40 Å². The molecule has 0 N–H and O–H groups in total. The Morgan fingerprint density at radius 3 is 1.70 bits per heavy atom. The van der Waals surface area contributed by atoms with Crippen molar-refractivity contribution in [1.82, 2.24) is 4.98 Å². The van der Waals surface area contributed by atoms with Crippen LogP contribution in [0.15, 0.2) is 180 Å². The Morgan fingerprint density at radius 2 is 0.962 bits per heavy atom. The highest BCUT2D eigenvalue weighted by molar-refractivity contribution is 7.26. The smallest absolute Gasteiger partial charge is 0.227 e. The third-order valence-electron chi connectivity index (χ3n) is 11.6. The van der Waals surface area contributed by atoms with Crippen molar-refractivity contribution in [2.75, 3.05) is 0 Å². The average Bonchev–Trinajstić information content (AvgIpc) is 3.98. The Balaban J connectivity index is 0.982. The van der Waals surface area contributed by atoms with Crippen LogP contribution < -0.4 is 0 Å². The number of rotatable bonds is 3. The van der Waals surface area contributed by atoms with Gasteiger partial charge in [-0.3, -0.25) is 0 Å². The number of benzene rings is 8. The van der Waals surface area contributed by atoms with Crippen molar-refractivity contribution in [2.24, 2.45) is 0 Å². The number of aromatic nitrogens is 1. The Labute approximate surface area is 310 Å². The summed E-state index contributed by atoms with van der Waals surface area (Å²) >= 11 is 1.86. The van der Waals surface area contributed by atoms with Crippen LogP contribution in [0.5, 0.6) is 0 Å². The molecule has 2 aromatic heterocycles. The van der Waals surface area contributed by atoms with Gasteiger partial charge >= 0.3 is 0 Å². The standard InChI is InChI=1S/C50H29NOS/c1-5-18-41-35(11-1)36-12-2-6-19-42(36)50(41)43-20-7-3-13-37(43)38-28-27-32(29-44(38)50)33-15-10-21-45-47(33)52-49(51-45)31-25-23-30(24-26-31)34-16-9-17-40-39-14-4-8-22-46(39)53-48(34)40/h1-29H. The molecule has 0 saturated heterocycles. The van der Waals surface area contributed by atoms with Gasteiger partial charge in [0.05, 0.1) is 5.41 Å². The van der Waals surface area contributed by atoms with Gasteiger partial charge < -0.3 is 4.42 Å². The van der Waals surface area contributed by atoms with Crippen LogP contribution in [0.4, 0.5) is 0 Å². The molecule has 2 aliphatic rings. The van der Waals surface area contributed by atoms with Crippen molar-refractivity contribution in [3.05, 3.63) is 198 Å². The number of hydrogen-bond acceptors (Lipinski definition) is 3. The minimum absolute atomic E-state index is 0.391. The summed E-state index contributed by atoms with van der Waals surface area (Å²) in [5.74, 6) is 0.628. The van der Waals surface area contributed by atoms with E-state index in [1.807, 2.05) is 11.3 Å². The minimum Gasteiger partial charge on any atom is -0.435 e. The van der Waals surface area contributed by atoms with Gasteiger partial charge in [-0.1, -0.05) is 146 Å². The van der Waals surface area contributed by atoms with Crippen molar-refractivity contribution in [3.8, 4) is 56.0 Å². The second kappa shape index (κ2) is 10.7. The van der Waals surface area contributed by atoms with Crippen LogP contribution in [0.2, 0.25) is 0 Å². The van der Waals surface area contributed by atoms with E-state index in [1.165, 1.54) is 75.8 Å². The largest absolute Gasteiger partial charge is 0.435 e. The van der Waals surface area contributed by atoms with Gasteiger partial charge in [-0.2, -0.15) is 0 Å². The number of para-hydroxylation sites is 1. The Morgan fingerprint density at radius 1 is 0.415 bits per heavy atom. The maximum atomic E-state index is 6.70. The SMILES string of the molecule is c1ccc2c(c1)-c1ccccc1C21c2ccccc2-c2ccc(-c3cccc4nc(-c5ccc(-c6cccc7c6sc6ccccc67)cc5)oc34)cc21. The van der Waals surface area contributed by atoms with Gasteiger partial charge in [-0.05, 0) is 91.5 Å². The van der Waals surface area contributed by atoms with E-state index in [0.29, 0.717) is 5.89 Å². The average molecular weight is 692 g/mol. The third-order valence-corrected chi connectivity index (χ3v) is 12.8. The van der Waals surface area contributed by atoms with Gasteiger partial charge in [-0.25, -0.2) is 4.98 Å². The Kier molecular flexibility index (Phi) is 5.89. The first-order valence-electron chi connectivity index (χ1n) is 18.1. The predicted octanol–water partition coefficient (Wildman–Crippen LogP) is 13.5. The van der Waals surface area contributed by atoms with Crippen LogP contribution >= 0.6 is 11.3 Å². The quantitative estimate of drug-likeness (QED) is 0.184. The van der Waals surface area contributed by atoms with Gasteiger partial charge in [0.25, 0.3) is 0 Å². The highest BCUT2D eigenvalue weighted by atomic mass is 32.1. The van der Waals surface area contributed by atoms with Crippen LogP contribution in [0.3, 0.4) is 0 Å². The molecule has 0 bridgehead atoms. The summed E-state index contributed by atoms with van der Waals surface area (Å²) in [5, 5.41) is 2.62. The van der Waals surface area contributed by atoms with Crippen LogP contribution in [0.25, 0.3) is 87.2 Å². The van der Waals surface area contributed by atoms with Gasteiger partial charge in [0.15, 0.2) is 5.58 Å². The summed E-state index contributed by atoms with van der Waals surface area (Å²) < 4.78 is 9.33. The molecule has 0 unspecified atom stereocenters. The molecule has 3 heteroatoms. The highest BCUT2D eigenvalue weighted by Crippen LogP contribution is 2.63. The van der Waals surface area contributed by atoms with Gasteiger partial charge in [0.1, 0.15) is 5.52 Å². The monoisotopic (exact) mass is 691 g/mol. The number of nitrogens with zero attached hydrogens (tertiary/aromatic N) is 1. The first-order valence-corrected chi connectivity index (χ1v) is 18.9. The summed E-state index contributed by atoms with van der Waals surface area (Å²) in [6.45, 7) is 0. The minimum atomic E-state index is -0.391. The Bertz CT molecular complexity index is 3060. The molecule has 1 spiro atoms. The summed E-state index contributed by atoms with van der Waals surface area (Å²) in [4.78, 5) is 5.02. The van der Waals surface area contributed by atoms with E-state index in [0.717, 1.165) is 27.8 Å². The fourth-order valence-corrected chi connectivity index (χ4v) is 10.6. The molecule has 0 amide bonds. The topological polar surface area (TPSA) is 26.0 Å². The van der Waals surface area contributed by atoms with Crippen molar-refractivity contribution in [2.45, 2.75) is 5.41 Å². The molecule has 246 valence electrons. The molecule has 2 aliphatic carbocycles. The van der Waals surface area contributed by atoms with E-state index in [-0.39, 0.29) is 0 Å². The highest BCUT2D eigenvalue weighted by Gasteiger charge is 2.51. The molecule has 53 heavy (non-hydrogen) atoms. The molecule has 12 rings (SSSR count). The molecular weight excluding hydrogens is 663 g/mol. The van der Waals surface area contributed by atoms with Crippen molar-refractivity contribution < 1.29 is 4.42 Å². The zero-order valence-electron chi connectivity index (χ0n) is 28.5. The van der Waals surface area contributed by atoms with Gasteiger partial charge in [0.2, 0.25) is 5.89 Å². The second-order valence-corrected chi connectivity index (χ2v) is 15.2. The zero-order chi connectivity index (χ0) is 34.7. The molecule has 0 atom stereocenters. The maximum Gasteiger partial charge on any atom is 0.227 e. The first kappa shape index (κ1) is 29.1. The first-order chi connectivity index (χ1) is 26.3. The van der Waals surface area contributed by atoms with E-state index in [9.17, 15) is 0 Å². The number of hydrogen-bond donors (Lipinski definition) is 0. The van der Waals surface area contributed by atoms with Gasteiger partial charge in [-0.15, -0.1) is 11.3 Å². The summed E-state index contributed by atoms with van der Waals surface area (Å²) in [5.41, 5.74) is 17.4. The van der Waals surface area contributed by atoms with Gasteiger partial charge in [0, 0.05) is 31.3 Å².